The number of nitrogens with one attached hydrogen (secondary N) is 1. The first kappa shape index (κ1) is 25.4. The quantitative estimate of drug-likeness (QED) is 0.433. The Kier molecular flexibility index (Phi) is 10.5. The van der Waals surface area contributed by atoms with Crippen molar-refractivity contribution in [1.82, 2.24) is 10.2 Å². The highest BCUT2D eigenvalue weighted by atomic mass is 79.9. The van der Waals surface area contributed by atoms with E-state index in [1.54, 1.807) is 17.0 Å². The van der Waals surface area contributed by atoms with E-state index in [1.807, 2.05) is 45.0 Å². The largest absolute Gasteiger partial charge is 0.352 e. The van der Waals surface area contributed by atoms with Crippen LogP contribution in [0.2, 0.25) is 0 Å². The fraction of sp³-hybridized carbons (Fsp3) is 0.417. The monoisotopic (exact) mass is 508 g/mol. The first-order valence-electron chi connectivity index (χ1n) is 10.5. The van der Waals surface area contributed by atoms with Gasteiger partial charge in [0.05, 0.1) is 5.75 Å². The van der Waals surface area contributed by atoms with Crippen LogP contribution in [0.25, 0.3) is 0 Å². The molecule has 168 valence electrons. The van der Waals surface area contributed by atoms with Crippen molar-refractivity contribution in [3.63, 3.8) is 0 Å². The molecule has 31 heavy (non-hydrogen) atoms. The molecule has 0 heterocycles. The van der Waals surface area contributed by atoms with E-state index in [4.69, 9.17) is 0 Å². The first-order chi connectivity index (χ1) is 14.8. The molecule has 0 aliphatic carbocycles. The topological polar surface area (TPSA) is 49.4 Å². The Morgan fingerprint density at radius 3 is 2.23 bits per heavy atom. The van der Waals surface area contributed by atoms with Gasteiger partial charge in [-0.05, 0) is 55.2 Å². The first-order valence-corrected chi connectivity index (χ1v) is 12.4. The molecular weight excluding hydrogens is 479 g/mol. The summed E-state index contributed by atoms with van der Waals surface area (Å²) < 4.78 is 14.3. The van der Waals surface area contributed by atoms with Crippen LogP contribution in [0.1, 0.15) is 44.7 Å². The van der Waals surface area contributed by atoms with Crippen LogP contribution in [0.4, 0.5) is 4.39 Å². The molecule has 4 nitrogen and oxygen atoms in total. The molecular formula is C24H30BrFN2O2S. The molecule has 0 spiro atoms. The van der Waals surface area contributed by atoms with Gasteiger partial charge in [-0.15, -0.1) is 11.8 Å². The average molecular weight is 509 g/mol. The zero-order chi connectivity index (χ0) is 22.8. The van der Waals surface area contributed by atoms with Crippen LogP contribution in [-0.4, -0.2) is 34.6 Å². The Morgan fingerprint density at radius 2 is 1.65 bits per heavy atom. The predicted molar refractivity (Wildman–Crippen MR) is 129 cm³/mol. The third-order valence-electron chi connectivity index (χ3n) is 5.06. The fourth-order valence-electron chi connectivity index (χ4n) is 3.07. The molecule has 1 N–H and O–H groups in total. The van der Waals surface area contributed by atoms with E-state index in [1.165, 1.54) is 23.9 Å². The van der Waals surface area contributed by atoms with E-state index in [0.29, 0.717) is 12.2 Å². The second kappa shape index (κ2) is 12.9. The maximum atomic E-state index is 13.3. The summed E-state index contributed by atoms with van der Waals surface area (Å²) in [7, 11) is 0. The Labute approximate surface area is 197 Å². The molecule has 0 aromatic heterocycles. The third-order valence-corrected chi connectivity index (χ3v) is 6.58. The highest BCUT2D eigenvalue weighted by Gasteiger charge is 2.29. The number of hydrogen-bond donors (Lipinski definition) is 1. The zero-order valence-corrected chi connectivity index (χ0v) is 20.6. The van der Waals surface area contributed by atoms with Crippen molar-refractivity contribution < 1.29 is 14.0 Å². The summed E-state index contributed by atoms with van der Waals surface area (Å²) in [6.45, 7) is 6.13. The van der Waals surface area contributed by atoms with Crippen molar-refractivity contribution in [2.24, 2.45) is 0 Å². The van der Waals surface area contributed by atoms with Crippen molar-refractivity contribution >= 4 is 39.5 Å². The van der Waals surface area contributed by atoms with Gasteiger partial charge in [-0.25, -0.2) is 4.39 Å². The van der Waals surface area contributed by atoms with Crippen molar-refractivity contribution in [2.45, 2.75) is 58.0 Å². The summed E-state index contributed by atoms with van der Waals surface area (Å²) in [6, 6.07) is 13.5. The van der Waals surface area contributed by atoms with E-state index in [2.05, 4.69) is 21.2 Å². The number of amides is 2. The molecule has 2 aromatic carbocycles. The smallest absolute Gasteiger partial charge is 0.243 e. The van der Waals surface area contributed by atoms with Crippen molar-refractivity contribution in [3.8, 4) is 0 Å². The normalized spacial score (nSPS) is 12.8. The SMILES string of the molecule is CC[C@H](C)NC(=O)[C@H](CC)N(Cc1ccc(F)cc1)C(=O)CSCc1ccc(Br)cc1. The van der Waals surface area contributed by atoms with Gasteiger partial charge in [0.2, 0.25) is 11.8 Å². The molecule has 2 rings (SSSR count). The predicted octanol–water partition coefficient (Wildman–Crippen LogP) is 5.54. The van der Waals surface area contributed by atoms with Crippen molar-refractivity contribution in [2.75, 3.05) is 5.75 Å². The molecule has 0 unspecified atom stereocenters. The number of carbonyl (C=O) groups excluding carboxylic acids is 2. The van der Waals surface area contributed by atoms with Gasteiger partial charge in [-0.1, -0.05) is 54.0 Å². The van der Waals surface area contributed by atoms with Crippen molar-refractivity contribution in [3.05, 3.63) is 69.9 Å². The molecule has 0 bridgehead atoms. The average Bonchev–Trinajstić information content (AvgIpc) is 2.76. The van der Waals surface area contributed by atoms with Gasteiger partial charge in [0.25, 0.3) is 0 Å². The Balaban J connectivity index is 2.12. The molecule has 0 aliphatic rings. The second-order valence-electron chi connectivity index (χ2n) is 7.51. The Hall–Kier alpha value is -1.86. The van der Waals surface area contributed by atoms with Gasteiger partial charge in [-0.2, -0.15) is 0 Å². The molecule has 2 amide bonds. The zero-order valence-electron chi connectivity index (χ0n) is 18.2. The van der Waals surface area contributed by atoms with Crippen LogP contribution in [0.3, 0.4) is 0 Å². The van der Waals surface area contributed by atoms with Crippen molar-refractivity contribution in [1.29, 1.82) is 0 Å². The summed E-state index contributed by atoms with van der Waals surface area (Å²) in [5.74, 6) is 0.403. The molecule has 0 saturated carbocycles. The summed E-state index contributed by atoms with van der Waals surface area (Å²) >= 11 is 4.94. The minimum Gasteiger partial charge on any atom is -0.352 e. The van der Waals surface area contributed by atoms with E-state index in [-0.39, 0.29) is 36.0 Å². The molecule has 0 radical (unpaired) electrons. The lowest BCUT2D eigenvalue weighted by Gasteiger charge is -2.31. The molecule has 0 aliphatic heterocycles. The standard InChI is InChI=1S/C24H30BrFN2O2S/c1-4-17(3)27-24(30)22(5-2)28(14-18-8-12-21(26)13-9-18)23(29)16-31-15-19-6-10-20(25)11-7-19/h6-13,17,22H,4-5,14-16H2,1-3H3,(H,27,30)/t17-,22-/m0/s1. The van der Waals surface area contributed by atoms with Gasteiger partial charge in [-0.3, -0.25) is 9.59 Å². The number of nitrogens with zero attached hydrogens (tertiary/aromatic N) is 1. The highest BCUT2D eigenvalue weighted by molar-refractivity contribution is 9.10. The number of rotatable bonds is 11. The van der Waals surface area contributed by atoms with E-state index in [0.717, 1.165) is 22.0 Å². The lowest BCUT2D eigenvalue weighted by Crippen LogP contribution is -2.51. The third kappa shape index (κ3) is 8.30. The van der Waals surface area contributed by atoms with Crippen LogP contribution in [0, 0.1) is 5.82 Å². The van der Waals surface area contributed by atoms with Gasteiger partial charge in [0.1, 0.15) is 11.9 Å². The number of carbonyl (C=O) groups is 2. The van der Waals surface area contributed by atoms with E-state index >= 15 is 0 Å². The number of benzene rings is 2. The number of thioether (sulfide) groups is 1. The molecule has 0 fully saturated rings. The molecule has 2 atom stereocenters. The van der Waals surface area contributed by atoms with Crippen LogP contribution in [0.5, 0.6) is 0 Å². The summed E-state index contributed by atoms with van der Waals surface area (Å²) in [4.78, 5) is 27.7. The summed E-state index contributed by atoms with van der Waals surface area (Å²) in [5.41, 5.74) is 1.93. The van der Waals surface area contributed by atoms with Gasteiger partial charge in [0.15, 0.2) is 0 Å². The van der Waals surface area contributed by atoms with Crippen LogP contribution in [0.15, 0.2) is 53.0 Å². The molecule has 0 saturated heterocycles. The lowest BCUT2D eigenvalue weighted by atomic mass is 10.1. The van der Waals surface area contributed by atoms with Crippen LogP contribution < -0.4 is 5.32 Å². The number of hydrogen-bond acceptors (Lipinski definition) is 3. The lowest BCUT2D eigenvalue weighted by molar-refractivity contribution is -0.139. The highest BCUT2D eigenvalue weighted by Crippen LogP contribution is 2.19. The maximum absolute atomic E-state index is 13.3. The fourth-order valence-corrected chi connectivity index (χ4v) is 4.20. The molecule has 7 heteroatoms. The van der Waals surface area contributed by atoms with Crippen LogP contribution >= 0.6 is 27.7 Å². The van der Waals surface area contributed by atoms with Crippen LogP contribution in [-0.2, 0) is 21.9 Å². The van der Waals surface area contributed by atoms with Gasteiger partial charge >= 0.3 is 0 Å². The second-order valence-corrected chi connectivity index (χ2v) is 9.41. The Morgan fingerprint density at radius 1 is 1.03 bits per heavy atom. The van der Waals surface area contributed by atoms with Gasteiger partial charge < -0.3 is 10.2 Å². The summed E-state index contributed by atoms with van der Waals surface area (Å²) in [6.07, 6.45) is 1.32. The summed E-state index contributed by atoms with van der Waals surface area (Å²) in [5, 5.41) is 2.99. The number of halogens is 2. The minimum absolute atomic E-state index is 0.0381. The molecule has 2 aromatic rings. The maximum Gasteiger partial charge on any atom is 0.243 e. The van der Waals surface area contributed by atoms with E-state index < -0.39 is 6.04 Å². The van der Waals surface area contributed by atoms with E-state index in [9.17, 15) is 14.0 Å². The Bertz CT molecular complexity index is 846. The van der Waals surface area contributed by atoms with Gasteiger partial charge in [0, 0.05) is 22.8 Å². The minimum atomic E-state index is -0.570.